The van der Waals surface area contributed by atoms with Gasteiger partial charge in [-0.1, -0.05) is 47.5 Å². The van der Waals surface area contributed by atoms with Crippen LogP contribution in [-0.2, 0) is 0 Å². The number of aromatic nitrogens is 2. The number of rotatable bonds is 1. The maximum Gasteiger partial charge on any atom is 0.126 e. The van der Waals surface area contributed by atoms with Crippen LogP contribution in [0.5, 0.6) is 0 Å². The highest BCUT2D eigenvalue weighted by Crippen LogP contribution is 2.34. The lowest BCUT2D eigenvalue weighted by Crippen LogP contribution is -1.97. The Labute approximate surface area is 148 Å². The van der Waals surface area contributed by atoms with E-state index in [9.17, 15) is 0 Å². The third-order valence-corrected chi connectivity index (χ3v) is 4.87. The van der Waals surface area contributed by atoms with Crippen molar-refractivity contribution in [3.63, 3.8) is 0 Å². The van der Waals surface area contributed by atoms with E-state index in [4.69, 9.17) is 9.97 Å². The summed E-state index contributed by atoms with van der Waals surface area (Å²) in [6.07, 6.45) is 0. The molecule has 0 fully saturated rings. The SMILES string of the molecule is Cc1ccc(-c2nc(C)nc3c2ccc2cc(C)cc(C)c23)c(C)c1. The summed E-state index contributed by atoms with van der Waals surface area (Å²) in [5.41, 5.74) is 8.34. The molecule has 0 aliphatic rings. The van der Waals surface area contributed by atoms with Gasteiger partial charge >= 0.3 is 0 Å². The highest BCUT2D eigenvalue weighted by molar-refractivity contribution is 6.10. The molecule has 2 nitrogen and oxygen atoms in total. The molecule has 0 atom stereocenters. The normalized spacial score (nSPS) is 11.4. The fourth-order valence-corrected chi connectivity index (χ4v) is 3.84. The Hall–Kier alpha value is -2.74. The van der Waals surface area contributed by atoms with Crippen molar-refractivity contribution in [2.75, 3.05) is 0 Å². The lowest BCUT2D eigenvalue weighted by molar-refractivity contribution is 1.10. The molecule has 1 heterocycles. The number of aryl methyl sites for hydroxylation is 5. The molecule has 0 N–H and O–H groups in total. The Morgan fingerprint density at radius 3 is 2.20 bits per heavy atom. The molecule has 1 aromatic heterocycles. The van der Waals surface area contributed by atoms with Gasteiger partial charge in [-0.15, -0.1) is 0 Å². The first kappa shape index (κ1) is 15.8. The first-order chi connectivity index (χ1) is 11.9. The van der Waals surface area contributed by atoms with Crippen molar-refractivity contribution in [2.45, 2.75) is 34.6 Å². The minimum atomic E-state index is 0.815. The van der Waals surface area contributed by atoms with Gasteiger partial charge in [-0.3, -0.25) is 0 Å². The van der Waals surface area contributed by atoms with E-state index in [1.807, 2.05) is 6.92 Å². The van der Waals surface area contributed by atoms with Gasteiger partial charge in [0.25, 0.3) is 0 Å². The minimum absolute atomic E-state index is 0.815. The van der Waals surface area contributed by atoms with Crippen molar-refractivity contribution in [3.05, 3.63) is 70.5 Å². The fraction of sp³-hybridized carbons (Fsp3) is 0.217. The second-order valence-corrected chi connectivity index (χ2v) is 7.08. The van der Waals surface area contributed by atoms with Gasteiger partial charge in [0.05, 0.1) is 11.2 Å². The third-order valence-electron chi connectivity index (χ3n) is 4.87. The summed E-state index contributed by atoms with van der Waals surface area (Å²) in [6, 6.07) is 15.4. The lowest BCUT2D eigenvalue weighted by Gasteiger charge is -2.13. The van der Waals surface area contributed by atoms with Gasteiger partial charge in [-0.2, -0.15) is 0 Å². The van der Waals surface area contributed by atoms with E-state index < -0.39 is 0 Å². The summed E-state index contributed by atoms with van der Waals surface area (Å²) in [4.78, 5) is 9.62. The zero-order valence-corrected chi connectivity index (χ0v) is 15.4. The van der Waals surface area contributed by atoms with Crippen LogP contribution in [0, 0.1) is 34.6 Å². The molecule has 0 unspecified atom stereocenters. The van der Waals surface area contributed by atoms with E-state index in [0.29, 0.717) is 0 Å². The van der Waals surface area contributed by atoms with Gasteiger partial charge in [-0.05, 0) is 57.2 Å². The molecule has 4 rings (SSSR count). The molecule has 0 saturated heterocycles. The molecule has 0 saturated carbocycles. The van der Waals surface area contributed by atoms with Crippen LogP contribution in [0.25, 0.3) is 32.9 Å². The zero-order chi connectivity index (χ0) is 17.7. The number of nitrogens with zero attached hydrogens (tertiary/aromatic N) is 2. The average Bonchev–Trinajstić information content (AvgIpc) is 2.53. The van der Waals surface area contributed by atoms with Crippen molar-refractivity contribution < 1.29 is 0 Å². The average molecular weight is 326 g/mol. The largest absolute Gasteiger partial charge is 0.233 e. The molecule has 0 amide bonds. The van der Waals surface area contributed by atoms with E-state index in [-0.39, 0.29) is 0 Å². The molecule has 3 aromatic carbocycles. The van der Waals surface area contributed by atoms with Gasteiger partial charge in [0.2, 0.25) is 0 Å². The maximum atomic E-state index is 4.82. The van der Waals surface area contributed by atoms with Gasteiger partial charge in [-0.25, -0.2) is 9.97 Å². The molecule has 0 aliphatic heterocycles. The summed E-state index contributed by atoms with van der Waals surface area (Å²) < 4.78 is 0. The molecular formula is C23H22N2. The van der Waals surface area contributed by atoms with E-state index >= 15 is 0 Å². The standard InChI is InChI=1S/C23H22N2/c1-13-6-8-19(15(3)10-13)22-20-9-7-18-12-14(2)11-16(4)21(18)23(20)25-17(5)24-22/h6-12H,1-5H3. The Kier molecular flexibility index (Phi) is 3.57. The molecule has 0 bridgehead atoms. The predicted octanol–water partition coefficient (Wildman–Crippen LogP) is 5.99. The van der Waals surface area contributed by atoms with E-state index in [0.717, 1.165) is 22.4 Å². The van der Waals surface area contributed by atoms with Crippen molar-refractivity contribution in [2.24, 2.45) is 0 Å². The van der Waals surface area contributed by atoms with Gasteiger partial charge < -0.3 is 0 Å². The Morgan fingerprint density at radius 1 is 0.680 bits per heavy atom. The smallest absolute Gasteiger partial charge is 0.126 e. The van der Waals surface area contributed by atoms with Crippen LogP contribution in [0.3, 0.4) is 0 Å². The van der Waals surface area contributed by atoms with E-state index in [1.54, 1.807) is 0 Å². The van der Waals surface area contributed by atoms with Crippen molar-refractivity contribution >= 4 is 21.7 Å². The van der Waals surface area contributed by atoms with Crippen LogP contribution < -0.4 is 0 Å². The number of benzene rings is 3. The number of fused-ring (bicyclic) bond motifs is 3. The Bertz CT molecular complexity index is 1140. The number of hydrogen-bond donors (Lipinski definition) is 0. The van der Waals surface area contributed by atoms with E-state index in [1.165, 1.54) is 38.6 Å². The Morgan fingerprint density at radius 2 is 1.44 bits per heavy atom. The van der Waals surface area contributed by atoms with Crippen molar-refractivity contribution in [3.8, 4) is 11.3 Å². The molecule has 0 spiro atoms. The van der Waals surface area contributed by atoms with Crippen LogP contribution in [0.4, 0.5) is 0 Å². The van der Waals surface area contributed by atoms with Gasteiger partial charge in [0.15, 0.2) is 0 Å². The zero-order valence-electron chi connectivity index (χ0n) is 15.4. The highest BCUT2D eigenvalue weighted by Gasteiger charge is 2.14. The van der Waals surface area contributed by atoms with Crippen molar-refractivity contribution in [1.29, 1.82) is 0 Å². The summed E-state index contributed by atoms with van der Waals surface area (Å²) in [6.45, 7) is 10.6. The fourth-order valence-electron chi connectivity index (χ4n) is 3.84. The minimum Gasteiger partial charge on any atom is -0.233 e. The van der Waals surface area contributed by atoms with Crippen LogP contribution >= 0.6 is 0 Å². The van der Waals surface area contributed by atoms with Gasteiger partial charge in [0, 0.05) is 16.3 Å². The molecule has 25 heavy (non-hydrogen) atoms. The lowest BCUT2D eigenvalue weighted by atomic mass is 9.95. The molecule has 0 radical (unpaired) electrons. The van der Waals surface area contributed by atoms with Crippen LogP contribution in [-0.4, -0.2) is 9.97 Å². The van der Waals surface area contributed by atoms with E-state index in [2.05, 4.69) is 70.2 Å². The molecule has 124 valence electrons. The first-order valence-electron chi connectivity index (χ1n) is 8.70. The van der Waals surface area contributed by atoms with Crippen LogP contribution in [0.15, 0.2) is 42.5 Å². The van der Waals surface area contributed by atoms with Gasteiger partial charge in [0.1, 0.15) is 5.82 Å². The topological polar surface area (TPSA) is 25.8 Å². The maximum absolute atomic E-state index is 4.82. The first-order valence-corrected chi connectivity index (χ1v) is 8.70. The highest BCUT2D eigenvalue weighted by atomic mass is 14.9. The van der Waals surface area contributed by atoms with Crippen molar-refractivity contribution in [1.82, 2.24) is 9.97 Å². The quantitative estimate of drug-likeness (QED) is 0.401. The molecule has 2 heteroatoms. The second-order valence-electron chi connectivity index (χ2n) is 7.08. The predicted molar refractivity (Wildman–Crippen MR) is 106 cm³/mol. The summed E-state index contributed by atoms with van der Waals surface area (Å²) in [7, 11) is 0. The third kappa shape index (κ3) is 2.58. The summed E-state index contributed by atoms with van der Waals surface area (Å²) in [5, 5.41) is 3.60. The number of hydrogen-bond acceptors (Lipinski definition) is 2. The van der Waals surface area contributed by atoms with Crippen LogP contribution in [0.1, 0.15) is 28.1 Å². The monoisotopic (exact) mass is 326 g/mol. The summed E-state index contributed by atoms with van der Waals surface area (Å²) >= 11 is 0. The second kappa shape index (κ2) is 5.66. The van der Waals surface area contributed by atoms with Crippen LogP contribution in [0.2, 0.25) is 0 Å². The summed E-state index contributed by atoms with van der Waals surface area (Å²) in [5.74, 6) is 0.815. The molecule has 0 aliphatic carbocycles. The Balaban J connectivity index is 2.15. The molecule has 4 aromatic rings. The molecular weight excluding hydrogens is 304 g/mol.